The zero-order chi connectivity index (χ0) is 19.3. The van der Waals surface area contributed by atoms with Crippen LogP contribution in [0.2, 0.25) is 0 Å². The molecular weight excluding hydrogens is 464 g/mol. The van der Waals surface area contributed by atoms with E-state index in [1.165, 1.54) is 12.1 Å². The van der Waals surface area contributed by atoms with E-state index in [1.54, 1.807) is 13.0 Å². The Kier molecular flexibility index (Phi) is 7.23. The van der Waals surface area contributed by atoms with Crippen LogP contribution in [-0.2, 0) is 4.84 Å². The number of rotatable bonds is 7. The molecule has 3 N–H and O–H groups in total. The lowest BCUT2D eigenvalue weighted by atomic mass is 10.1. The summed E-state index contributed by atoms with van der Waals surface area (Å²) in [6.45, 7) is 1.56. The first-order valence-corrected chi connectivity index (χ1v) is 8.71. The van der Waals surface area contributed by atoms with Crippen molar-refractivity contribution in [3.05, 3.63) is 56.9 Å². The van der Waals surface area contributed by atoms with Crippen molar-refractivity contribution >= 4 is 39.9 Å². The summed E-state index contributed by atoms with van der Waals surface area (Å²) in [5, 5.41) is 12.0. The Hall–Kier alpha value is -1.85. The zero-order valence-corrected chi connectivity index (χ0v) is 15.8. The number of carbonyl (C=O) groups excluding carboxylic acids is 1. The molecule has 0 spiro atoms. The van der Waals surface area contributed by atoms with Gasteiger partial charge in [0.05, 0.1) is 23.0 Å². The van der Waals surface area contributed by atoms with Crippen LogP contribution in [0.1, 0.15) is 23.7 Å². The van der Waals surface area contributed by atoms with E-state index in [4.69, 9.17) is 4.84 Å². The molecule has 9 heteroatoms. The van der Waals surface area contributed by atoms with Gasteiger partial charge in [-0.2, -0.15) is 0 Å². The standard InChI is InChI=1S/C17H16F3IN2O3/c1-2-10(24)8-26-23-17(25)11-6-12(18)13(19)7-16(11)22-15-4-3-9(21)5-14(15)20/h3-7,10,22,24H,2,8H2,1H3,(H,23,25). The van der Waals surface area contributed by atoms with Crippen LogP contribution in [0.15, 0.2) is 30.3 Å². The molecule has 1 unspecified atom stereocenters. The van der Waals surface area contributed by atoms with Gasteiger partial charge in [-0.3, -0.25) is 9.63 Å². The minimum atomic E-state index is -1.24. The number of amides is 1. The monoisotopic (exact) mass is 480 g/mol. The lowest BCUT2D eigenvalue weighted by molar-refractivity contribution is -0.0133. The van der Waals surface area contributed by atoms with E-state index in [1.807, 2.05) is 28.1 Å². The van der Waals surface area contributed by atoms with E-state index in [0.717, 1.165) is 6.07 Å². The third-order valence-electron chi connectivity index (χ3n) is 3.42. The summed E-state index contributed by atoms with van der Waals surface area (Å²) in [5.74, 6) is -3.93. The van der Waals surface area contributed by atoms with Gasteiger partial charge in [-0.25, -0.2) is 18.7 Å². The third kappa shape index (κ3) is 5.32. The lowest BCUT2D eigenvalue weighted by Crippen LogP contribution is -2.28. The Morgan fingerprint density at radius 2 is 1.85 bits per heavy atom. The highest BCUT2D eigenvalue weighted by atomic mass is 127. The number of halogens is 4. The Morgan fingerprint density at radius 3 is 2.50 bits per heavy atom. The Bertz CT molecular complexity index is 805. The van der Waals surface area contributed by atoms with Crippen LogP contribution in [0.4, 0.5) is 24.5 Å². The van der Waals surface area contributed by atoms with Crippen molar-refractivity contribution in [2.24, 2.45) is 0 Å². The van der Waals surface area contributed by atoms with E-state index >= 15 is 0 Å². The topological polar surface area (TPSA) is 70.6 Å². The van der Waals surface area contributed by atoms with Gasteiger partial charge in [-0.15, -0.1) is 0 Å². The van der Waals surface area contributed by atoms with Gasteiger partial charge in [0.2, 0.25) is 0 Å². The summed E-state index contributed by atoms with van der Waals surface area (Å²) < 4.78 is 41.8. The van der Waals surface area contributed by atoms with Crippen LogP contribution in [0.25, 0.3) is 0 Å². The molecule has 0 aliphatic carbocycles. The molecule has 2 aromatic carbocycles. The Morgan fingerprint density at radius 1 is 1.15 bits per heavy atom. The summed E-state index contributed by atoms with van der Waals surface area (Å²) in [6, 6.07) is 5.70. The minimum Gasteiger partial charge on any atom is -0.391 e. The van der Waals surface area contributed by atoms with Gasteiger partial charge in [0.25, 0.3) is 5.91 Å². The second-order valence-electron chi connectivity index (χ2n) is 5.37. The highest BCUT2D eigenvalue weighted by Crippen LogP contribution is 2.26. The number of carbonyl (C=O) groups is 1. The highest BCUT2D eigenvalue weighted by Gasteiger charge is 2.18. The molecule has 0 aliphatic rings. The van der Waals surface area contributed by atoms with Crippen molar-refractivity contribution in [2.75, 3.05) is 11.9 Å². The number of aliphatic hydroxyl groups excluding tert-OH is 1. The molecule has 26 heavy (non-hydrogen) atoms. The molecule has 2 rings (SSSR count). The minimum absolute atomic E-state index is 0.00667. The van der Waals surface area contributed by atoms with Crippen molar-refractivity contribution in [1.82, 2.24) is 5.48 Å². The Labute approximate surface area is 161 Å². The number of hydroxylamine groups is 1. The van der Waals surface area contributed by atoms with Gasteiger partial charge in [-0.1, -0.05) is 6.92 Å². The summed E-state index contributed by atoms with van der Waals surface area (Å²) in [6.07, 6.45) is -0.362. The number of hydrogen-bond acceptors (Lipinski definition) is 4. The molecule has 0 saturated heterocycles. The van der Waals surface area contributed by atoms with Gasteiger partial charge in [0.15, 0.2) is 11.6 Å². The molecule has 2 aromatic rings. The first-order valence-electron chi connectivity index (χ1n) is 7.63. The molecule has 0 bridgehead atoms. The lowest BCUT2D eigenvalue weighted by Gasteiger charge is -2.14. The molecule has 140 valence electrons. The largest absolute Gasteiger partial charge is 0.391 e. The fraction of sp³-hybridized carbons (Fsp3) is 0.235. The average molecular weight is 480 g/mol. The first-order chi connectivity index (χ1) is 12.3. The molecular formula is C17H16F3IN2O3. The van der Waals surface area contributed by atoms with Crippen LogP contribution < -0.4 is 10.8 Å². The molecule has 0 aliphatic heterocycles. The van der Waals surface area contributed by atoms with Crippen LogP contribution in [0.3, 0.4) is 0 Å². The highest BCUT2D eigenvalue weighted by molar-refractivity contribution is 14.1. The van der Waals surface area contributed by atoms with Gasteiger partial charge in [0.1, 0.15) is 12.4 Å². The SMILES string of the molecule is CCC(O)CONC(=O)c1cc(F)c(F)cc1Nc1ccc(I)cc1F. The van der Waals surface area contributed by atoms with E-state index in [9.17, 15) is 23.1 Å². The number of anilines is 2. The summed E-state index contributed by atoms with van der Waals surface area (Å²) in [4.78, 5) is 17.0. The second kappa shape index (κ2) is 9.19. The van der Waals surface area contributed by atoms with Gasteiger partial charge < -0.3 is 10.4 Å². The smallest absolute Gasteiger partial charge is 0.277 e. The molecule has 0 heterocycles. The third-order valence-corrected chi connectivity index (χ3v) is 4.09. The van der Waals surface area contributed by atoms with E-state index in [0.29, 0.717) is 16.1 Å². The van der Waals surface area contributed by atoms with Crippen molar-refractivity contribution in [3.63, 3.8) is 0 Å². The normalized spacial score (nSPS) is 11.9. The van der Waals surface area contributed by atoms with Crippen molar-refractivity contribution in [3.8, 4) is 0 Å². The van der Waals surface area contributed by atoms with Crippen molar-refractivity contribution < 1.29 is 27.9 Å². The van der Waals surface area contributed by atoms with E-state index in [2.05, 4.69) is 5.32 Å². The summed E-state index contributed by atoms with van der Waals surface area (Å²) >= 11 is 1.93. The van der Waals surface area contributed by atoms with Gasteiger partial charge in [-0.05, 0) is 53.3 Å². The average Bonchev–Trinajstić information content (AvgIpc) is 2.59. The van der Waals surface area contributed by atoms with Gasteiger partial charge >= 0.3 is 0 Å². The zero-order valence-electron chi connectivity index (χ0n) is 13.7. The van der Waals surface area contributed by atoms with Crippen LogP contribution in [0, 0.1) is 21.0 Å². The van der Waals surface area contributed by atoms with Gasteiger partial charge in [0, 0.05) is 9.64 Å². The summed E-state index contributed by atoms with van der Waals surface area (Å²) in [5.41, 5.74) is 1.61. The van der Waals surface area contributed by atoms with Crippen LogP contribution in [0.5, 0.6) is 0 Å². The van der Waals surface area contributed by atoms with E-state index in [-0.39, 0.29) is 23.5 Å². The predicted octanol–water partition coefficient (Wildman–Crippen LogP) is 3.88. The van der Waals surface area contributed by atoms with E-state index < -0.39 is 29.5 Å². The molecule has 1 amide bonds. The summed E-state index contributed by atoms with van der Waals surface area (Å²) in [7, 11) is 0. The maximum Gasteiger partial charge on any atom is 0.277 e. The fourth-order valence-electron chi connectivity index (χ4n) is 1.95. The quantitative estimate of drug-likeness (QED) is 0.416. The fourth-order valence-corrected chi connectivity index (χ4v) is 2.40. The number of benzene rings is 2. The first kappa shape index (κ1) is 20.5. The molecule has 5 nitrogen and oxygen atoms in total. The maximum atomic E-state index is 14.0. The second-order valence-corrected chi connectivity index (χ2v) is 6.61. The maximum absolute atomic E-state index is 14.0. The van der Waals surface area contributed by atoms with Crippen molar-refractivity contribution in [2.45, 2.75) is 19.4 Å². The number of hydrogen-bond donors (Lipinski definition) is 3. The Balaban J connectivity index is 2.25. The van der Waals surface area contributed by atoms with Crippen LogP contribution in [-0.4, -0.2) is 23.7 Å². The molecule has 1 atom stereocenters. The molecule has 0 fully saturated rings. The van der Waals surface area contributed by atoms with Crippen molar-refractivity contribution in [1.29, 1.82) is 0 Å². The number of aliphatic hydroxyl groups is 1. The number of nitrogens with one attached hydrogen (secondary N) is 2. The molecule has 0 aromatic heterocycles. The van der Waals surface area contributed by atoms with Crippen LogP contribution >= 0.6 is 22.6 Å². The predicted molar refractivity (Wildman–Crippen MR) is 98.5 cm³/mol. The molecule has 0 radical (unpaired) electrons. The molecule has 0 saturated carbocycles.